The number of para-hydroxylation sites is 6. The molecule has 406 valence electrons. The summed E-state index contributed by atoms with van der Waals surface area (Å²) in [4.78, 5) is 0. The zero-order valence-electron chi connectivity index (χ0n) is 46.9. The van der Waals surface area contributed by atoms with E-state index in [1.807, 2.05) is 48.5 Å². The van der Waals surface area contributed by atoms with E-state index >= 15 is 0 Å². The van der Waals surface area contributed by atoms with Crippen LogP contribution in [-0.2, 0) is 0 Å². The summed E-state index contributed by atoms with van der Waals surface area (Å²) in [7, 11) is 0. The molecule has 0 amide bonds. The number of furan rings is 2. The fourth-order valence-electron chi connectivity index (χ4n) is 14.8. The number of rotatable bonds is 6. The summed E-state index contributed by atoms with van der Waals surface area (Å²) >= 11 is 0. The van der Waals surface area contributed by atoms with E-state index in [2.05, 4.69) is 249 Å². The van der Waals surface area contributed by atoms with Crippen LogP contribution < -0.4 is 0 Å². The molecule has 0 saturated heterocycles. The third-order valence-electron chi connectivity index (χ3n) is 18.4. The highest BCUT2D eigenvalue weighted by Gasteiger charge is 2.36. The smallest absolute Gasteiger partial charge is 0.160 e. The lowest BCUT2D eigenvalue weighted by Gasteiger charge is -2.27. The van der Waals surface area contributed by atoms with Crippen molar-refractivity contribution in [3.63, 3.8) is 0 Å². The molecule has 0 aliphatic heterocycles. The van der Waals surface area contributed by atoms with Gasteiger partial charge < -0.3 is 27.1 Å². The number of hydrogen-bond acceptors (Lipinski definition) is 4. The SMILES string of the molecule is N#Cc1c(-n2c3ccccc3c3cc(-c4ccccc4)ccc32)c(-n2c3ccccc3c3ccc4c5ccccc5oc4c32)c(-n2c3ccccc3c3cc(-c4ccccc4)ccc32)c(C#N)c1-n1c2ccccc2c2ccc3c4ccccc4oc3c21. The second-order valence-corrected chi connectivity index (χ2v) is 22.8. The first-order valence-electron chi connectivity index (χ1n) is 29.5. The summed E-state index contributed by atoms with van der Waals surface area (Å²) in [6.45, 7) is 0. The summed E-state index contributed by atoms with van der Waals surface area (Å²) in [5.74, 6) is 0. The molecule has 6 heterocycles. The fraction of sp³-hybridized carbons (Fsp3) is 0. The molecule has 0 radical (unpaired) electrons. The van der Waals surface area contributed by atoms with E-state index in [4.69, 9.17) is 8.83 Å². The van der Waals surface area contributed by atoms with Crippen LogP contribution in [0, 0.1) is 22.7 Å². The second kappa shape index (κ2) is 18.1. The highest BCUT2D eigenvalue weighted by Crippen LogP contribution is 2.52. The minimum Gasteiger partial charge on any atom is -0.454 e. The summed E-state index contributed by atoms with van der Waals surface area (Å²) in [6.07, 6.45) is 0. The summed E-state index contributed by atoms with van der Waals surface area (Å²) in [5.41, 5.74) is 16.7. The minimum atomic E-state index is 0.288. The Morgan fingerprint density at radius 1 is 0.239 bits per heavy atom. The molecule has 0 unspecified atom stereocenters. The van der Waals surface area contributed by atoms with E-state index in [0.29, 0.717) is 33.9 Å². The molecule has 0 N–H and O–H groups in total. The predicted molar refractivity (Wildman–Crippen MR) is 359 cm³/mol. The molecule has 0 bridgehead atoms. The van der Waals surface area contributed by atoms with Gasteiger partial charge in [-0.15, -0.1) is 0 Å². The van der Waals surface area contributed by atoms with Crippen molar-refractivity contribution in [3.05, 3.63) is 278 Å². The largest absolute Gasteiger partial charge is 0.454 e. The minimum absolute atomic E-state index is 0.288. The van der Waals surface area contributed by atoms with E-state index in [0.717, 1.165) is 142 Å². The Labute approximate surface area is 501 Å². The van der Waals surface area contributed by atoms with Crippen LogP contribution in [-0.4, -0.2) is 18.3 Å². The van der Waals surface area contributed by atoms with E-state index in [-0.39, 0.29) is 11.1 Å². The first kappa shape index (κ1) is 48.1. The van der Waals surface area contributed by atoms with Crippen molar-refractivity contribution < 1.29 is 8.83 Å². The molecule has 88 heavy (non-hydrogen) atoms. The zero-order chi connectivity index (χ0) is 57.9. The van der Waals surface area contributed by atoms with Crippen molar-refractivity contribution in [3.8, 4) is 57.1 Å². The van der Waals surface area contributed by atoms with Gasteiger partial charge in [-0.1, -0.05) is 194 Å². The van der Waals surface area contributed by atoms with Gasteiger partial charge in [0, 0.05) is 64.6 Å². The highest BCUT2D eigenvalue weighted by atomic mass is 16.3. The van der Waals surface area contributed by atoms with Gasteiger partial charge in [0.05, 0.1) is 66.9 Å². The number of fused-ring (bicyclic) bond motifs is 20. The molecule has 8 heteroatoms. The lowest BCUT2D eigenvalue weighted by molar-refractivity contribution is 0.670. The molecule has 19 aromatic rings. The number of nitrogens with zero attached hydrogens (tertiary/aromatic N) is 6. The van der Waals surface area contributed by atoms with Crippen LogP contribution in [0.3, 0.4) is 0 Å². The number of benzene rings is 13. The standard InChI is InChI=1S/C80H44N6O2/c81-45-63-73(85-67-31-15-7-23-51(67)57-37-39-59-55-27-11-17-33-71(55)87-79(59)76(57)85)64(46-82)75(84-66-30-14-10-26-54(66)62-44-50(36-42-70(62)84)48-21-5-2-6-22-48)78(74(63)83-65-29-13-9-25-53(65)61-43-49(35-41-69(61)83)47-19-3-1-4-20-47)86-68-32-16-8-24-52(68)58-38-40-60-56-28-12-18-34-72(56)88-80(60)77(58)86/h1-44H. The quantitative estimate of drug-likeness (QED) is 0.166. The van der Waals surface area contributed by atoms with Gasteiger partial charge in [-0.05, 0) is 95.1 Å². The van der Waals surface area contributed by atoms with E-state index in [9.17, 15) is 10.5 Å². The molecule has 0 saturated carbocycles. The molecule has 6 aromatic heterocycles. The van der Waals surface area contributed by atoms with Crippen molar-refractivity contribution in [2.24, 2.45) is 0 Å². The van der Waals surface area contributed by atoms with Crippen molar-refractivity contribution in [2.45, 2.75) is 0 Å². The summed E-state index contributed by atoms with van der Waals surface area (Å²) in [6, 6.07) is 99.0. The maximum atomic E-state index is 13.0. The van der Waals surface area contributed by atoms with Gasteiger partial charge in [0.2, 0.25) is 0 Å². The van der Waals surface area contributed by atoms with Gasteiger partial charge in [-0.3, -0.25) is 0 Å². The van der Waals surface area contributed by atoms with E-state index in [1.54, 1.807) is 0 Å². The van der Waals surface area contributed by atoms with Crippen molar-refractivity contribution in [1.29, 1.82) is 10.5 Å². The van der Waals surface area contributed by atoms with Crippen molar-refractivity contribution >= 4 is 131 Å². The van der Waals surface area contributed by atoms with Crippen LogP contribution in [0.2, 0.25) is 0 Å². The molecule has 0 fully saturated rings. The Morgan fingerprint density at radius 2 is 0.568 bits per heavy atom. The number of nitriles is 2. The first-order chi connectivity index (χ1) is 43.6. The Balaban J connectivity index is 1.11. The normalized spacial score (nSPS) is 12.1. The molecular weight excluding hydrogens is 1080 g/mol. The second-order valence-electron chi connectivity index (χ2n) is 22.8. The van der Waals surface area contributed by atoms with Crippen LogP contribution in [0.5, 0.6) is 0 Å². The van der Waals surface area contributed by atoms with Gasteiger partial charge in [0.25, 0.3) is 0 Å². The maximum absolute atomic E-state index is 13.0. The fourth-order valence-corrected chi connectivity index (χ4v) is 14.8. The Hall–Kier alpha value is -12.4. The Bertz CT molecular complexity index is 6130. The number of aromatic nitrogens is 4. The molecule has 0 aliphatic rings. The lowest BCUT2D eigenvalue weighted by atomic mass is 9.98. The van der Waals surface area contributed by atoms with Crippen molar-refractivity contribution in [1.82, 2.24) is 18.3 Å². The molecule has 19 rings (SSSR count). The Kier molecular flexibility index (Phi) is 9.87. The summed E-state index contributed by atoms with van der Waals surface area (Å²) in [5, 5.41) is 37.7. The van der Waals surface area contributed by atoms with E-state index in [1.165, 1.54) is 0 Å². The molecule has 0 atom stereocenters. The topological polar surface area (TPSA) is 93.6 Å². The van der Waals surface area contributed by atoms with Crippen LogP contribution in [0.15, 0.2) is 276 Å². The van der Waals surface area contributed by atoms with Crippen LogP contribution in [0.1, 0.15) is 11.1 Å². The van der Waals surface area contributed by atoms with Crippen LogP contribution in [0.4, 0.5) is 0 Å². The summed E-state index contributed by atoms with van der Waals surface area (Å²) < 4.78 is 23.3. The average Bonchev–Trinajstić information content (AvgIpc) is 1.51. The van der Waals surface area contributed by atoms with E-state index < -0.39 is 0 Å². The number of hydrogen-bond donors (Lipinski definition) is 0. The van der Waals surface area contributed by atoms with Gasteiger partial charge in [0.15, 0.2) is 11.2 Å². The van der Waals surface area contributed by atoms with Crippen LogP contribution >= 0.6 is 0 Å². The monoisotopic (exact) mass is 1120 g/mol. The van der Waals surface area contributed by atoms with Crippen molar-refractivity contribution in [2.75, 3.05) is 0 Å². The molecule has 13 aromatic carbocycles. The molecule has 0 aliphatic carbocycles. The third kappa shape index (κ3) is 6.44. The average molecular weight is 1120 g/mol. The van der Waals surface area contributed by atoms with Gasteiger partial charge in [0.1, 0.15) is 34.4 Å². The predicted octanol–water partition coefficient (Wildman–Crippen LogP) is 21.0. The molecule has 0 spiro atoms. The molecular formula is C80H44N6O2. The Morgan fingerprint density at radius 3 is 0.989 bits per heavy atom. The molecule has 8 nitrogen and oxygen atoms in total. The van der Waals surface area contributed by atoms with Gasteiger partial charge in [-0.2, -0.15) is 10.5 Å². The first-order valence-corrected chi connectivity index (χ1v) is 29.5. The van der Waals surface area contributed by atoms with Gasteiger partial charge in [-0.25, -0.2) is 0 Å². The third-order valence-corrected chi connectivity index (χ3v) is 18.4. The van der Waals surface area contributed by atoms with Gasteiger partial charge >= 0.3 is 0 Å². The van der Waals surface area contributed by atoms with Crippen LogP contribution in [0.25, 0.3) is 176 Å². The lowest BCUT2D eigenvalue weighted by Crippen LogP contribution is -2.17. The highest BCUT2D eigenvalue weighted by molar-refractivity contribution is 6.25. The maximum Gasteiger partial charge on any atom is 0.160 e. The zero-order valence-corrected chi connectivity index (χ0v) is 46.9.